The van der Waals surface area contributed by atoms with Crippen LogP contribution in [0.2, 0.25) is 0 Å². The van der Waals surface area contributed by atoms with Crippen LogP contribution < -0.4 is 15.2 Å². The molecule has 5 heteroatoms. The Morgan fingerprint density at radius 2 is 1.88 bits per heavy atom. The molecule has 0 aliphatic heterocycles. The van der Waals surface area contributed by atoms with Gasteiger partial charge in [-0.15, -0.1) is 0 Å². The van der Waals surface area contributed by atoms with E-state index in [0.29, 0.717) is 17.9 Å². The molecule has 3 N–H and O–H groups in total. The van der Waals surface area contributed by atoms with Crippen LogP contribution in [-0.2, 0) is 4.79 Å². The molecule has 17 heavy (non-hydrogen) atoms. The van der Waals surface area contributed by atoms with Gasteiger partial charge < -0.3 is 20.3 Å². The number of rotatable bonds is 4. The summed E-state index contributed by atoms with van der Waals surface area (Å²) in [6.45, 7) is 0. The zero-order chi connectivity index (χ0) is 12.6. The maximum atomic E-state index is 11.0. The molecule has 0 amide bonds. The Bertz CT molecular complexity index is 438. The molecular formula is C12H15NO4. The van der Waals surface area contributed by atoms with Crippen molar-refractivity contribution in [2.75, 3.05) is 14.2 Å². The van der Waals surface area contributed by atoms with E-state index in [9.17, 15) is 4.79 Å². The predicted molar refractivity (Wildman–Crippen MR) is 61.5 cm³/mol. The lowest BCUT2D eigenvalue weighted by molar-refractivity contribution is -0.139. The minimum Gasteiger partial charge on any atom is -0.497 e. The summed E-state index contributed by atoms with van der Waals surface area (Å²) in [6.07, 6.45) is 0.443. The van der Waals surface area contributed by atoms with Crippen molar-refractivity contribution < 1.29 is 19.4 Å². The molecule has 1 fully saturated rings. The Balaban J connectivity index is 2.31. The first kappa shape index (κ1) is 11.7. The zero-order valence-electron chi connectivity index (χ0n) is 9.77. The average molecular weight is 237 g/mol. The van der Waals surface area contributed by atoms with E-state index in [2.05, 4.69) is 0 Å². The number of nitrogens with two attached hydrogens (primary N) is 1. The number of carboxylic acid groups (broad SMARTS) is 1. The van der Waals surface area contributed by atoms with E-state index in [-0.39, 0.29) is 5.92 Å². The first-order chi connectivity index (χ1) is 8.01. The van der Waals surface area contributed by atoms with E-state index in [1.165, 1.54) is 0 Å². The van der Waals surface area contributed by atoms with Crippen LogP contribution >= 0.6 is 0 Å². The minimum atomic E-state index is -1.14. The lowest BCUT2D eigenvalue weighted by atomic mass is 10.1. The topological polar surface area (TPSA) is 81.8 Å². The van der Waals surface area contributed by atoms with Gasteiger partial charge in [0, 0.05) is 12.0 Å². The standard InChI is InChI=1S/C12H15NO4/c1-16-8-3-7(4-9(5-8)17-2)10-6-12(10,13)11(14)15/h3-5,10H,6,13H2,1-2H3,(H,14,15)/t10-,12-/m1/s1. The maximum absolute atomic E-state index is 11.0. The summed E-state index contributed by atoms with van der Waals surface area (Å²) in [5.74, 6) is 0.131. The highest BCUT2D eigenvalue weighted by Crippen LogP contribution is 2.50. The first-order valence-electron chi connectivity index (χ1n) is 5.26. The predicted octanol–water partition coefficient (Wildman–Crippen LogP) is 0.973. The molecule has 1 aromatic rings. The van der Waals surface area contributed by atoms with Gasteiger partial charge in [-0.1, -0.05) is 0 Å². The van der Waals surface area contributed by atoms with Gasteiger partial charge in [-0.25, -0.2) is 0 Å². The summed E-state index contributed by atoms with van der Waals surface area (Å²) in [5, 5.41) is 9.01. The van der Waals surface area contributed by atoms with Crippen LogP contribution in [0.1, 0.15) is 17.9 Å². The molecule has 5 nitrogen and oxygen atoms in total. The lowest BCUT2D eigenvalue weighted by Gasteiger charge is -2.10. The van der Waals surface area contributed by atoms with Gasteiger partial charge in [-0.2, -0.15) is 0 Å². The van der Waals surface area contributed by atoms with Crippen molar-refractivity contribution in [3.63, 3.8) is 0 Å². The van der Waals surface area contributed by atoms with E-state index in [1.54, 1.807) is 32.4 Å². The van der Waals surface area contributed by atoms with Crippen LogP contribution in [-0.4, -0.2) is 30.8 Å². The van der Waals surface area contributed by atoms with E-state index in [1.807, 2.05) is 0 Å². The van der Waals surface area contributed by atoms with Gasteiger partial charge in [0.25, 0.3) is 0 Å². The fourth-order valence-electron chi connectivity index (χ4n) is 1.96. The molecule has 92 valence electrons. The summed E-state index contributed by atoms with van der Waals surface area (Å²) in [6, 6.07) is 5.33. The van der Waals surface area contributed by atoms with Gasteiger partial charge in [-0.3, -0.25) is 4.79 Å². The molecule has 1 aliphatic rings. The van der Waals surface area contributed by atoms with Gasteiger partial charge in [0.05, 0.1) is 14.2 Å². The fraction of sp³-hybridized carbons (Fsp3) is 0.417. The number of carbonyl (C=O) groups is 1. The third-order valence-corrected chi connectivity index (χ3v) is 3.18. The van der Waals surface area contributed by atoms with Crippen molar-refractivity contribution in [1.82, 2.24) is 0 Å². The second kappa shape index (κ2) is 3.92. The highest BCUT2D eigenvalue weighted by molar-refractivity contribution is 5.85. The molecule has 1 aromatic carbocycles. The minimum absolute atomic E-state index is 0.177. The van der Waals surface area contributed by atoms with Crippen LogP contribution in [0.4, 0.5) is 0 Å². The zero-order valence-corrected chi connectivity index (χ0v) is 9.77. The average Bonchev–Trinajstić information content (AvgIpc) is 3.02. The van der Waals surface area contributed by atoms with Crippen LogP contribution in [0.25, 0.3) is 0 Å². The summed E-state index contributed by atoms with van der Waals surface area (Å²) in [5.41, 5.74) is 5.47. The third kappa shape index (κ3) is 1.93. The highest BCUT2D eigenvalue weighted by Gasteiger charge is 2.58. The molecule has 0 bridgehead atoms. The largest absolute Gasteiger partial charge is 0.497 e. The summed E-state index contributed by atoms with van der Waals surface area (Å²) in [7, 11) is 3.11. The quantitative estimate of drug-likeness (QED) is 0.815. The monoisotopic (exact) mass is 237 g/mol. The molecule has 0 saturated heterocycles. The molecule has 1 aliphatic carbocycles. The van der Waals surface area contributed by atoms with E-state index in [4.69, 9.17) is 20.3 Å². The molecule has 2 rings (SSSR count). The Labute approximate surface area is 99.1 Å². The number of methoxy groups -OCH3 is 2. The van der Waals surface area contributed by atoms with Crippen LogP contribution in [0.15, 0.2) is 18.2 Å². The Kier molecular flexibility index (Phi) is 2.71. The molecule has 0 radical (unpaired) electrons. The highest BCUT2D eigenvalue weighted by atomic mass is 16.5. The molecule has 0 spiro atoms. The molecule has 2 atom stereocenters. The van der Waals surface area contributed by atoms with Crippen molar-refractivity contribution in [1.29, 1.82) is 0 Å². The van der Waals surface area contributed by atoms with E-state index >= 15 is 0 Å². The van der Waals surface area contributed by atoms with Gasteiger partial charge in [0.15, 0.2) is 0 Å². The first-order valence-corrected chi connectivity index (χ1v) is 5.26. The molecule has 0 unspecified atom stereocenters. The SMILES string of the molecule is COc1cc(OC)cc([C@H]2C[C@]2(N)C(=O)O)c1. The maximum Gasteiger partial charge on any atom is 0.324 e. The van der Waals surface area contributed by atoms with Crippen molar-refractivity contribution in [2.45, 2.75) is 17.9 Å². The van der Waals surface area contributed by atoms with Gasteiger partial charge >= 0.3 is 5.97 Å². The van der Waals surface area contributed by atoms with Crippen molar-refractivity contribution in [3.8, 4) is 11.5 Å². The van der Waals surface area contributed by atoms with Crippen molar-refractivity contribution >= 4 is 5.97 Å². The Morgan fingerprint density at radius 1 is 1.35 bits per heavy atom. The smallest absolute Gasteiger partial charge is 0.324 e. The number of benzene rings is 1. The van der Waals surface area contributed by atoms with Crippen LogP contribution in [0.5, 0.6) is 11.5 Å². The summed E-state index contributed by atoms with van der Waals surface area (Å²) >= 11 is 0. The second-order valence-electron chi connectivity index (χ2n) is 4.25. The number of carboxylic acids is 1. The number of ether oxygens (including phenoxy) is 2. The lowest BCUT2D eigenvalue weighted by Crippen LogP contribution is -2.34. The van der Waals surface area contributed by atoms with Crippen molar-refractivity contribution in [3.05, 3.63) is 23.8 Å². The number of hydrogen-bond donors (Lipinski definition) is 2. The Hall–Kier alpha value is -1.75. The van der Waals surface area contributed by atoms with Gasteiger partial charge in [0.1, 0.15) is 17.0 Å². The van der Waals surface area contributed by atoms with Crippen LogP contribution in [0.3, 0.4) is 0 Å². The Morgan fingerprint density at radius 3 is 2.24 bits per heavy atom. The summed E-state index contributed by atoms with van der Waals surface area (Å²) < 4.78 is 10.3. The normalized spacial score (nSPS) is 26.4. The van der Waals surface area contributed by atoms with Crippen LogP contribution in [0, 0.1) is 0 Å². The van der Waals surface area contributed by atoms with E-state index < -0.39 is 11.5 Å². The molecular weight excluding hydrogens is 222 g/mol. The molecule has 0 aromatic heterocycles. The summed E-state index contributed by atoms with van der Waals surface area (Å²) in [4.78, 5) is 11.0. The molecule has 0 heterocycles. The third-order valence-electron chi connectivity index (χ3n) is 3.18. The second-order valence-corrected chi connectivity index (χ2v) is 4.25. The molecule has 1 saturated carbocycles. The van der Waals surface area contributed by atoms with Gasteiger partial charge in [-0.05, 0) is 24.1 Å². The number of hydrogen-bond acceptors (Lipinski definition) is 4. The number of aliphatic carboxylic acids is 1. The van der Waals surface area contributed by atoms with Gasteiger partial charge in [0.2, 0.25) is 0 Å². The van der Waals surface area contributed by atoms with E-state index in [0.717, 1.165) is 5.56 Å². The van der Waals surface area contributed by atoms with Crippen molar-refractivity contribution in [2.24, 2.45) is 5.73 Å². The fourth-order valence-corrected chi connectivity index (χ4v) is 1.96.